The van der Waals surface area contributed by atoms with Gasteiger partial charge in [0.1, 0.15) is 23.7 Å². The molecule has 1 saturated heterocycles. The summed E-state index contributed by atoms with van der Waals surface area (Å²) in [5, 5.41) is 5.01. The molecule has 2 saturated carbocycles. The first-order valence-electron chi connectivity index (χ1n) is 17.5. The molecule has 3 fully saturated rings. The van der Waals surface area contributed by atoms with E-state index in [0.29, 0.717) is 32.4 Å². The van der Waals surface area contributed by atoms with E-state index in [2.05, 4.69) is 28.0 Å². The van der Waals surface area contributed by atoms with Crippen LogP contribution >= 0.6 is 0 Å². The minimum Gasteiger partial charge on any atom is -0.444 e. The maximum absolute atomic E-state index is 14.4. The fraction of sp³-hybridized carbons (Fsp3) is 0.583. The number of carbonyl (C=O) groups is 5. The summed E-state index contributed by atoms with van der Waals surface area (Å²) in [6, 6.07) is 3.75. The summed E-state index contributed by atoms with van der Waals surface area (Å²) < 4.78 is 33.4. The number of carbonyl (C=O) groups excluding carboxylic acids is 5. The average Bonchev–Trinajstić information content (AvgIpc) is 3.94. The SMILES string of the molecule is C=C[C@@H]1C[C@]1(NC(=O)[C@@H]1C[C@@H]2CN1C(=O)[C@H](C(C)(C)C)NC(=O)CCCCC=Cc1cccc3c1CN(C3)C(=O)O2)C(=O)NS(=O)(=O)C1CC1. The third-order valence-electron chi connectivity index (χ3n) is 10.4. The van der Waals surface area contributed by atoms with Crippen molar-refractivity contribution in [2.45, 2.75) is 114 Å². The van der Waals surface area contributed by atoms with Gasteiger partial charge in [-0.2, -0.15) is 0 Å². The average molecular weight is 710 g/mol. The van der Waals surface area contributed by atoms with Crippen LogP contribution in [0.5, 0.6) is 0 Å². The topological polar surface area (TPSA) is 171 Å². The first-order valence-corrected chi connectivity index (χ1v) is 19.0. The number of hydrogen-bond donors (Lipinski definition) is 3. The van der Waals surface area contributed by atoms with Crippen LogP contribution in [0.4, 0.5) is 4.79 Å². The molecule has 5 amide bonds. The second-order valence-electron chi connectivity index (χ2n) is 15.3. The summed E-state index contributed by atoms with van der Waals surface area (Å²) in [6.07, 6.45) is 7.52. The highest BCUT2D eigenvalue weighted by atomic mass is 32.2. The summed E-state index contributed by atoms with van der Waals surface area (Å²) in [7, 11) is -3.89. The van der Waals surface area contributed by atoms with Gasteiger partial charge in [-0.25, -0.2) is 13.2 Å². The summed E-state index contributed by atoms with van der Waals surface area (Å²) in [5.74, 6) is -2.87. The van der Waals surface area contributed by atoms with Gasteiger partial charge in [0.05, 0.1) is 18.3 Å². The third kappa shape index (κ3) is 7.31. The lowest BCUT2D eigenvalue weighted by Crippen LogP contribution is -2.60. The molecule has 5 atom stereocenters. The molecule has 3 N–H and O–H groups in total. The van der Waals surface area contributed by atoms with E-state index in [1.165, 1.54) is 11.0 Å². The molecule has 0 radical (unpaired) electrons. The molecule has 4 bridgehead atoms. The predicted octanol–water partition coefficient (Wildman–Crippen LogP) is 2.90. The quantitative estimate of drug-likeness (QED) is 0.379. The minimum atomic E-state index is -3.89. The highest BCUT2D eigenvalue weighted by molar-refractivity contribution is 7.91. The Morgan fingerprint density at radius 3 is 2.56 bits per heavy atom. The molecule has 3 aliphatic heterocycles. The first-order chi connectivity index (χ1) is 23.6. The van der Waals surface area contributed by atoms with Gasteiger partial charge in [0.2, 0.25) is 27.7 Å². The van der Waals surface area contributed by atoms with E-state index in [9.17, 15) is 32.4 Å². The predicted molar refractivity (Wildman–Crippen MR) is 184 cm³/mol. The van der Waals surface area contributed by atoms with Crippen molar-refractivity contribution < 1.29 is 37.1 Å². The van der Waals surface area contributed by atoms with Crippen LogP contribution in [-0.4, -0.2) is 83.5 Å². The normalized spacial score (nSPS) is 28.9. The number of sulfonamides is 1. The molecule has 3 heterocycles. The Balaban J connectivity index is 1.27. The van der Waals surface area contributed by atoms with Crippen LogP contribution in [0.2, 0.25) is 0 Å². The van der Waals surface area contributed by atoms with Gasteiger partial charge in [-0.1, -0.05) is 57.2 Å². The molecule has 5 aliphatic rings. The van der Waals surface area contributed by atoms with E-state index in [1.54, 1.807) is 4.90 Å². The molecule has 0 spiro atoms. The van der Waals surface area contributed by atoms with Crippen molar-refractivity contribution in [3.05, 3.63) is 53.6 Å². The van der Waals surface area contributed by atoms with Crippen LogP contribution in [0.1, 0.15) is 88.8 Å². The van der Waals surface area contributed by atoms with E-state index >= 15 is 0 Å². The molecule has 14 heteroatoms. The Labute approximate surface area is 293 Å². The Kier molecular flexibility index (Phi) is 9.61. The summed E-state index contributed by atoms with van der Waals surface area (Å²) in [5.41, 5.74) is 0.749. The van der Waals surface area contributed by atoms with Crippen molar-refractivity contribution in [1.29, 1.82) is 0 Å². The Bertz CT molecular complexity index is 1730. The molecule has 6 rings (SSSR count). The van der Waals surface area contributed by atoms with Crippen LogP contribution in [0.3, 0.4) is 0 Å². The Morgan fingerprint density at radius 1 is 1.12 bits per heavy atom. The van der Waals surface area contributed by atoms with Gasteiger partial charge in [-0.05, 0) is 60.6 Å². The van der Waals surface area contributed by atoms with Gasteiger partial charge in [0, 0.05) is 25.3 Å². The van der Waals surface area contributed by atoms with Crippen molar-refractivity contribution in [3.63, 3.8) is 0 Å². The van der Waals surface area contributed by atoms with Crippen molar-refractivity contribution >= 4 is 45.8 Å². The number of fused-ring (bicyclic) bond motifs is 3. The maximum Gasteiger partial charge on any atom is 0.410 e. The number of ether oxygens (including phenoxy) is 1. The van der Waals surface area contributed by atoms with Gasteiger partial charge in [0.25, 0.3) is 5.91 Å². The largest absolute Gasteiger partial charge is 0.444 e. The van der Waals surface area contributed by atoms with E-state index in [4.69, 9.17) is 4.74 Å². The fourth-order valence-electron chi connectivity index (χ4n) is 7.15. The molecule has 13 nitrogen and oxygen atoms in total. The van der Waals surface area contributed by atoms with Gasteiger partial charge < -0.3 is 20.3 Å². The van der Waals surface area contributed by atoms with Gasteiger partial charge in [-0.15, -0.1) is 6.58 Å². The van der Waals surface area contributed by atoms with Crippen LogP contribution in [0.25, 0.3) is 6.08 Å². The van der Waals surface area contributed by atoms with E-state index < -0.39 is 74.1 Å². The second kappa shape index (κ2) is 13.5. The number of allylic oxidation sites excluding steroid dienone is 1. The highest BCUT2D eigenvalue weighted by Gasteiger charge is 2.62. The Hall–Kier alpha value is -4.20. The van der Waals surface area contributed by atoms with E-state index in [1.807, 2.05) is 45.0 Å². The zero-order chi connectivity index (χ0) is 36.0. The van der Waals surface area contributed by atoms with Crippen molar-refractivity contribution in [2.75, 3.05) is 6.54 Å². The lowest BCUT2D eigenvalue weighted by Gasteiger charge is -2.35. The molecule has 0 aromatic heterocycles. The third-order valence-corrected chi connectivity index (χ3v) is 12.2. The fourth-order valence-corrected chi connectivity index (χ4v) is 8.51. The van der Waals surface area contributed by atoms with Gasteiger partial charge in [0.15, 0.2) is 0 Å². The van der Waals surface area contributed by atoms with Gasteiger partial charge >= 0.3 is 6.09 Å². The van der Waals surface area contributed by atoms with E-state index in [0.717, 1.165) is 29.5 Å². The number of amides is 5. The summed E-state index contributed by atoms with van der Waals surface area (Å²) in [6.45, 7) is 9.80. The molecule has 0 unspecified atom stereocenters. The molecule has 2 aliphatic carbocycles. The second-order valence-corrected chi connectivity index (χ2v) is 17.2. The lowest BCUT2D eigenvalue weighted by molar-refractivity contribution is -0.144. The van der Waals surface area contributed by atoms with Crippen molar-refractivity contribution in [3.8, 4) is 0 Å². The monoisotopic (exact) mass is 709 g/mol. The van der Waals surface area contributed by atoms with Crippen LogP contribution in [0, 0.1) is 11.3 Å². The maximum atomic E-state index is 14.4. The smallest absolute Gasteiger partial charge is 0.410 e. The lowest BCUT2D eigenvalue weighted by atomic mass is 9.85. The van der Waals surface area contributed by atoms with Crippen LogP contribution in [0.15, 0.2) is 36.9 Å². The molecular weight excluding hydrogens is 662 g/mol. The number of benzene rings is 1. The number of nitrogens with one attached hydrogen (secondary N) is 3. The van der Waals surface area contributed by atoms with Crippen molar-refractivity contribution in [2.24, 2.45) is 11.3 Å². The molecule has 1 aromatic rings. The first kappa shape index (κ1) is 35.6. The standard InChI is InChI=1S/C36H47N5O8S/c1-5-24-18-36(24,33(45)39-50(47,48)26-15-16-26)38-31(43)28-17-25-20-41(28)32(44)30(35(2,3)4)37-29(42)14-9-7-6-8-11-22-12-10-13-23-19-40(21-27(22)23)34(46)49-25/h5,8,10-13,24-26,28,30H,1,6-7,9,14-21H2,2-4H3,(H,37,42)(H,38,43)(H,39,45)/t24-,25-,28+,30-,36-/m1/s1. The molecule has 1 aromatic carbocycles. The Morgan fingerprint density at radius 2 is 1.88 bits per heavy atom. The van der Waals surface area contributed by atoms with Crippen LogP contribution in [-0.2, 0) is 47.0 Å². The summed E-state index contributed by atoms with van der Waals surface area (Å²) in [4.78, 5) is 71.5. The van der Waals surface area contributed by atoms with E-state index in [-0.39, 0.29) is 31.7 Å². The number of nitrogens with zero attached hydrogens (tertiary/aromatic N) is 2. The highest BCUT2D eigenvalue weighted by Crippen LogP contribution is 2.45. The van der Waals surface area contributed by atoms with Crippen molar-refractivity contribution in [1.82, 2.24) is 25.2 Å². The zero-order valence-corrected chi connectivity index (χ0v) is 29.7. The molecule has 50 heavy (non-hydrogen) atoms. The summed E-state index contributed by atoms with van der Waals surface area (Å²) >= 11 is 0. The minimum absolute atomic E-state index is 0.0558. The van der Waals surface area contributed by atoms with Gasteiger partial charge in [-0.3, -0.25) is 28.8 Å². The number of hydrogen-bond acceptors (Lipinski definition) is 8. The molecule has 270 valence electrons. The number of rotatable bonds is 6. The van der Waals surface area contributed by atoms with Crippen LogP contribution < -0.4 is 15.4 Å². The zero-order valence-electron chi connectivity index (χ0n) is 28.9. The molecular formula is C36H47N5O8S.